The monoisotopic (exact) mass is 264 g/mol. The summed E-state index contributed by atoms with van der Waals surface area (Å²) in [6.45, 7) is 9.44. The third-order valence-corrected chi connectivity index (χ3v) is 2.77. The van der Waals surface area contributed by atoms with Crippen molar-refractivity contribution < 1.29 is 9.53 Å². The molecule has 1 aromatic carbocycles. The molecule has 0 heterocycles. The third kappa shape index (κ3) is 4.81. The van der Waals surface area contributed by atoms with Crippen LogP contribution in [-0.4, -0.2) is 19.1 Å². The molecule has 0 radical (unpaired) electrons. The van der Waals surface area contributed by atoms with Crippen LogP contribution in [0.5, 0.6) is 0 Å². The lowest BCUT2D eigenvalue weighted by Gasteiger charge is -2.20. The second kappa shape index (κ2) is 6.45. The number of hydrogen-bond donors (Lipinski definition) is 2. The summed E-state index contributed by atoms with van der Waals surface area (Å²) in [7, 11) is 0. The van der Waals surface area contributed by atoms with Gasteiger partial charge in [-0.1, -0.05) is 26.8 Å². The summed E-state index contributed by atoms with van der Waals surface area (Å²) in [4.78, 5) is 11.9. The smallest absolute Gasteiger partial charge is 0.340 e. The molecule has 0 saturated heterocycles. The van der Waals surface area contributed by atoms with E-state index < -0.39 is 0 Å². The van der Waals surface area contributed by atoms with Crippen LogP contribution in [0.1, 0.15) is 44.5 Å². The number of anilines is 2. The van der Waals surface area contributed by atoms with Crippen LogP contribution in [0, 0.1) is 5.41 Å². The van der Waals surface area contributed by atoms with Crippen molar-refractivity contribution in [2.75, 3.05) is 24.2 Å². The molecule has 3 N–H and O–H groups in total. The van der Waals surface area contributed by atoms with Crippen molar-refractivity contribution in [3.63, 3.8) is 0 Å². The van der Waals surface area contributed by atoms with Crippen LogP contribution >= 0.6 is 0 Å². The normalized spacial score (nSPS) is 11.2. The Morgan fingerprint density at radius 2 is 2.05 bits per heavy atom. The van der Waals surface area contributed by atoms with E-state index in [9.17, 15) is 4.79 Å². The van der Waals surface area contributed by atoms with E-state index in [1.54, 1.807) is 25.1 Å². The van der Waals surface area contributed by atoms with E-state index in [1.165, 1.54) is 0 Å². The molecule has 19 heavy (non-hydrogen) atoms. The number of rotatable bonds is 5. The second-order valence-electron chi connectivity index (χ2n) is 5.73. The maximum atomic E-state index is 11.9. The lowest BCUT2D eigenvalue weighted by molar-refractivity contribution is 0.0527. The van der Waals surface area contributed by atoms with Crippen molar-refractivity contribution in [2.45, 2.75) is 34.1 Å². The van der Waals surface area contributed by atoms with Gasteiger partial charge in [0.15, 0.2) is 0 Å². The SMILES string of the molecule is CCOC(=O)c1cccc(N)c1NCCC(C)(C)C. The molecule has 4 nitrogen and oxygen atoms in total. The van der Waals surface area contributed by atoms with Crippen molar-refractivity contribution >= 4 is 17.3 Å². The summed E-state index contributed by atoms with van der Waals surface area (Å²) in [5, 5.41) is 3.25. The first kappa shape index (κ1) is 15.3. The fourth-order valence-corrected chi connectivity index (χ4v) is 1.71. The van der Waals surface area contributed by atoms with E-state index in [-0.39, 0.29) is 11.4 Å². The summed E-state index contributed by atoms with van der Waals surface area (Å²) in [6, 6.07) is 5.27. The van der Waals surface area contributed by atoms with Crippen LogP contribution in [0.2, 0.25) is 0 Å². The van der Waals surface area contributed by atoms with E-state index >= 15 is 0 Å². The number of nitrogen functional groups attached to an aromatic ring is 1. The Morgan fingerprint density at radius 1 is 1.37 bits per heavy atom. The molecule has 1 rings (SSSR count). The zero-order valence-electron chi connectivity index (χ0n) is 12.2. The van der Waals surface area contributed by atoms with E-state index in [2.05, 4.69) is 26.1 Å². The molecule has 0 spiro atoms. The van der Waals surface area contributed by atoms with E-state index in [0.29, 0.717) is 23.5 Å². The summed E-state index contributed by atoms with van der Waals surface area (Å²) in [6.07, 6.45) is 0.990. The van der Waals surface area contributed by atoms with E-state index in [0.717, 1.165) is 13.0 Å². The molecule has 4 heteroatoms. The van der Waals surface area contributed by atoms with Gasteiger partial charge >= 0.3 is 5.97 Å². The molecule has 0 fully saturated rings. The van der Waals surface area contributed by atoms with Gasteiger partial charge in [-0.05, 0) is 30.9 Å². The molecule has 1 aromatic rings. The molecular formula is C15H24N2O2. The Balaban J connectivity index is 2.83. The van der Waals surface area contributed by atoms with Crippen molar-refractivity contribution in [3.05, 3.63) is 23.8 Å². The first-order valence-electron chi connectivity index (χ1n) is 6.64. The summed E-state index contributed by atoms with van der Waals surface area (Å²) >= 11 is 0. The highest BCUT2D eigenvalue weighted by Gasteiger charge is 2.15. The molecular weight excluding hydrogens is 240 g/mol. The Morgan fingerprint density at radius 3 is 2.63 bits per heavy atom. The van der Waals surface area contributed by atoms with Crippen LogP contribution in [-0.2, 0) is 4.74 Å². The van der Waals surface area contributed by atoms with Crippen molar-refractivity contribution in [1.29, 1.82) is 0 Å². The average molecular weight is 264 g/mol. The van der Waals surface area contributed by atoms with Gasteiger partial charge in [0.1, 0.15) is 0 Å². The number of carbonyl (C=O) groups excluding carboxylic acids is 1. The highest BCUT2D eigenvalue weighted by atomic mass is 16.5. The fourth-order valence-electron chi connectivity index (χ4n) is 1.71. The van der Waals surface area contributed by atoms with Gasteiger partial charge < -0.3 is 15.8 Å². The number of para-hydroxylation sites is 1. The Kier molecular flexibility index (Phi) is 5.21. The molecule has 0 unspecified atom stereocenters. The van der Waals surface area contributed by atoms with Gasteiger partial charge in [0.05, 0.1) is 23.5 Å². The van der Waals surface area contributed by atoms with Gasteiger partial charge in [-0.3, -0.25) is 0 Å². The molecule has 106 valence electrons. The highest BCUT2D eigenvalue weighted by molar-refractivity contribution is 5.98. The van der Waals surface area contributed by atoms with Gasteiger partial charge in [0.25, 0.3) is 0 Å². The van der Waals surface area contributed by atoms with Gasteiger partial charge in [-0.2, -0.15) is 0 Å². The van der Waals surface area contributed by atoms with E-state index in [1.807, 2.05) is 0 Å². The molecule has 0 bridgehead atoms. The standard InChI is InChI=1S/C15H24N2O2/c1-5-19-14(18)11-7-6-8-12(16)13(11)17-10-9-15(2,3)4/h6-8,17H,5,9-10,16H2,1-4H3. The van der Waals surface area contributed by atoms with Crippen molar-refractivity contribution in [1.82, 2.24) is 0 Å². The lowest BCUT2D eigenvalue weighted by atomic mass is 9.92. The molecule has 0 aliphatic carbocycles. The van der Waals surface area contributed by atoms with Crippen molar-refractivity contribution in [2.24, 2.45) is 5.41 Å². The zero-order chi connectivity index (χ0) is 14.5. The minimum Gasteiger partial charge on any atom is -0.462 e. The third-order valence-electron chi connectivity index (χ3n) is 2.77. The van der Waals surface area contributed by atoms with Crippen molar-refractivity contribution in [3.8, 4) is 0 Å². The molecule has 0 aromatic heterocycles. The van der Waals surface area contributed by atoms with Crippen LogP contribution < -0.4 is 11.1 Å². The predicted molar refractivity (Wildman–Crippen MR) is 79.4 cm³/mol. The average Bonchev–Trinajstić information content (AvgIpc) is 2.30. The maximum Gasteiger partial charge on any atom is 0.340 e. The summed E-state index contributed by atoms with van der Waals surface area (Å²) in [5.74, 6) is -0.340. The number of nitrogens with one attached hydrogen (secondary N) is 1. The molecule has 0 amide bonds. The first-order chi connectivity index (χ1) is 8.85. The fraction of sp³-hybridized carbons (Fsp3) is 0.533. The highest BCUT2D eigenvalue weighted by Crippen LogP contribution is 2.25. The Labute approximate surface area is 115 Å². The molecule has 0 aliphatic heterocycles. The van der Waals surface area contributed by atoms with Gasteiger partial charge in [0, 0.05) is 6.54 Å². The number of nitrogens with two attached hydrogens (primary N) is 1. The number of carbonyl (C=O) groups is 1. The van der Waals surface area contributed by atoms with E-state index in [4.69, 9.17) is 10.5 Å². The Bertz CT molecular complexity index is 436. The minimum absolute atomic E-state index is 0.237. The predicted octanol–water partition coefficient (Wildman–Crippen LogP) is 3.29. The van der Waals surface area contributed by atoms with Crippen LogP contribution in [0.15, 0.2) is 18.2 Å². The number of esters is 1. The molecule has 0 atom stereocenters. The minimum atomic E-state index is -0.340. The Hall–Kier alpha value is -1.71. The summed E-state index contributed by atoms with van der Waals surface area (Å²) < 4.78 is 5.04. The lowest BCUT2D eigenvalue weighted by Crippen LogP contribution is -2.16. The molecule has 0 saturated carbocycles. The van der Waals surface area contributed by atoms with Gasteiger partial charge in [0.2, 0.25) is 0 Å². The van der Waals surface area contributed by atoms with Gasteiger partial charge in [-0.25, -0.2) is 4.79 Å². The van der Waals surface area contributed by atoms with Crippen LogP contribution in [0.25, 0.3) is 0 Å². The number of benzene rings is 1. The quantitative estimate of drug-likeness (QED) is 0.632. The topological polar surface area (TPSA) is 64.3 Å². The second-order valence-corrected chi connectivity index (χ2v) is 5.73. The maximum absolute atomic E-state index is 11.9. The zero-order valence-corrected chi connectivity index (χ0v) is 12.2. The van der Waals surface area contributed by atoms with Crippen LogP contribution in [0.3, 0.4) is 0 Å². The number of ether oxygens (including phenoxy) is 1. The number of hydrogen-bond acceptors (Lipinski definition) is 4. The largest absolute Gasteiger partial charge is 0.462 e. The van der Waals surface area contributed by atoms with Gasteiger partial charge in [-0.15, -0.1) is 0 Å². The first-order valence-corrected chi connectivity index (χ1v) is 6.64. The van der Waals surface area contributed by atoms with Crippen LogP contribution in [0.4, 0.5) is 11.4 Å². The molecule has 0 aliphatic rings. The summed E-state index contributed by atoms with van der Waals surface area (Å²) in [5.41, 5.74) is 7.91.